The molecule has 1 atom stereocenters. The van der Waals surface area contributed by atoms with E-state index < -0.39 is 0 Å². The summed E-state index contributed by atoms with van der Waals surface area (Å²) in [6.07, 6.45) is 0. The number of anilines is 2. The topological polar surface area (TPSA) is 41.1 Å². The molecule has 0 aromatic heterocycles. The van der Waals surface area contributed by atoms with Crippen LogP contribution >= 0.6 is 0 Å². The van der Waals surface area contributed by atoms with E-state index in [4.69, 9.17) is 0 Å². The lowest BCUT2D eigenvalue weighted by atomic mass is 10.0. The molecule has 2 aromatic carbocycles. The van der Waals surface area contributed by atoms with Gasteiger partial charge in [0, 0.05) is 11.4 Å². The van der Waals surface area contributed by atoms with E-state index in [1.165, 1.54) is 5.56 Å². The monoisotopic (exact) mass is 282 g/mol. The number of benzene rings is 2. The molecule has 0 aliphatic carbocycles. The Balaban J connectivity index is 1.94. The van der Waals surface area contributed by atoms with Crippen LogP contribution in [0.25, 0.3) is 0 Å². The van der Waals surface area contributed by atoms with Crippen LogP contribution in [-0.2, 0) is 4.79 Å². The van der Waals surface area contributed by atoms with Gasteiger partial charge >= 0.3 is 0 Å². The van der Waals surface area contributed by atoms with Gasteiger partial charge in [0.2, 0.25) is 5.91 Å². The number of carbonyl (C=O) groups is 1. The molecule has 0 unspecified atom stereocenters. The molecule has 0 saturated carbocycles. The molecule has 0 radical (unpaired) electrons. The van der Waals surface area contributed by atoms with Crippen LogP contribution in [0.5, 0.6) is 0 Å². The van der Waals surface area contributed by atoms with Gasteiger partial charge in [-0.05, 0) is 42.7 Å². The van der Waals surface area contributed by atoms with Gasteiger partial charge in [0.15, 0.2) is 0 Å². The van der Waals surface area contributed by atoms with Gasteiger partial charge < -0.3 is 10.6 Å². The van der Waals surface area contributed by atoms with Crippen LogP contribution < -0.4 is 10.6 Å². The third kappa shape index (κ3) is 4.35. The van der Waals surface area contributed by atoms with Crippen LogP contribution in [-0.4, -0.2) is 11.9 Å². The van der Waals surface area contributed by atoms with Crippen LogP contribution in [0.2, 0.25) is 0 Å². The SMILES string of the molecule is CC(C)c1ccc(N[C@H](C)C(=O)Nc2ccccc2)cc1. The molecular weight excluding hydrogens is 260 g/mol. The molecule has 0 spiro atoms. The molecule has 0 heterocycles. The summed E-state index contributed by atoms with van der Waals surface area (Å²) in [5.74, 6) is 0.465. The van der Waals surface area contributed by atoms with Gasteiger partial charge in [0.05, 0.1) is 0 Å². The average molecular weight is 282 g/mol. The highest BCUT2D eigenvalue weighted by Crippen LogP contribution is 2.18. The Morgan fingerprint density at radius 3 is 2.05 bits per heavy atom. The molecule has 1 amide bonds. The summed E-state index contributed by atoms with van der Waals surface area (Å²) in [5, 5.41) is 6.11. The first-order chi connectivity index (χ1) is 10.1. The van der Waals surface area contributed by atoms with Crippen molar-refractivity contribution in [1.29, 1.82) is 0 Å². The first-order valence-corrected chi connectivity index (χ1v) is 7.28. The van der Waals surface area contributed by atoms with E-state index in [9.17, 15) is 4.79 Å². The fraction of sp³-hybridized carbons (Fsp3) is 0.278. The molecule has 0 aliphatic rings. The normalized spacial score (nSPS) is 12.0. The Morgan fingerprint density at radius 2 is 1.48 bits per heavy atom. The number of rotatable bonds is 5. The second-order valence-corrected chi connectivity index (χ2v) is 5.50. The molecule has 21 heavy (non-hydrogen) atoms. The first-order valence-electron chi connectivity index (χ1n) is 7.28. The Hall–Kier alpha value is -2.29. The summed E-state index contributed by atoms with van der Waals surface area (Å²) in [6, 6.07) is 17.4. The molecule has 0 fully saturated rings. The van der Waals surface area contributed by atoms with E-state index in [-0.39, 0.29) is 11.9 Å². The maximum Gasteiger partial charge on any atom is 0.246 e. The van der Waals surface area contributed by atoms with Crippen molar-refractivity contribution < 1.29 is 4.79 Å². The second-order valence-electron chi connectivity index (χ2n) is 5.50. The van der Waals surface area contributed by atoms with Crippen LogP contribution in [0, 0.1) is 0 Å². The quantitative estimate of drug-likeness (QED) is 0.860. The zero-order valence-electron chi connectivity index (χ0n) is 12.8. The van der Waals surface area contributed by atoms with Crippen molar-refractivity contribution in [3.05, 3.63) is 60.2 Å². The van der Waals surface area contributed by atoms with Crippen molar-refractivity contribution in [3.63, 3.8) is 0 Å². The molecule has 0 bridgehead atoms. The van der Waals surface area contributed by atoms with Crippen molar-refractivity contribution >= 4 is 17.3 Å². The van der Waals surface area contributed by atoms with E-state index in [2.05, 4.69) is 36.6 Å². The van der Waals surface area contributed by atoms with Crippen molar-refractivity contribution in [2.45, 2.75) is 32.7 Å². The van der Waals surface area contributed by atoms with Crippen LogP contribution in [0.4, 0.5) is 11.4 Å². The van der Waals surface area contributed by atoms with Gasteiger partial charge in [-0.1, -0.05) is 44.2 Å². The van der Waals surface area contributed by atoms with Crippen molar-refractivity contribution in [2.75, 3.05) is 10.6 Å². The van der Waals surface area contributed by atoms with Crippen LogP contribution in [0.15, 0.2) is 54.6 Å². The Kier molecular flexibility index (Phi) is 4.99. The Bertz CT molecular complexity index is 576. The zero-order valence-corrected chi connectivity index (χ0v) is 12.8. The molecule has 2 rings (SSSR count). The lowest BCUT2D eigenvalue weighted by Gasteiger charge is -2.16. The van der Waals surface area contributed by atoms with E-state index in [1.54, 1.807) is 0 Å². The van der Waals surface area contributed by atoms with Crippen molar-refractivity contribution in [2.24, 2.45) is 0 Å². The minimum absolute atomic E-state index is 0.0471. The average Bonchev–Trinajstić information content (AvgIpc) is 2.48. The van der Waals surface area contributed by atoms with Gasteiger partial charge in [-0.2, -0.15) is 0 Å². The molecule has 3 nitrogen and oxygen atoms in total. The summed E-state index contributed by atoms with van der Waals surface area (Å²) in [4.78, 5) is 12.1. The lowest BCUT2D eigenvalue weighted by molar-refractivity contribution is -0.116. The summed E-state index contributed by atoms with van der Waals surface area (Å²) in [7, 11) is 0. The number of carbonyl (C=O) groups excluding carboxylic acids is 1. The zero-order chi connectivity index (χ0) is 15.2. The van der Waals surface area contributed by atoms with E-state index in [0.717, 1.165) is 11.4 Å². The highest BCUT2D eigenvalue weighted by atomic mass is 16.2. The predicted octanol–water partition coefficient (Wildman–Crippen LogP) is 4.25. The van der Waals surface area contributed by atoms with Crippen molar-refractivity contribution in [1.82, 2.24) is 0 Å². The summed E-state index contributed by atoms with van der Waals surface area (Å²) >= 11 is 0. The van der Waals surface area contributed by atoms with Crippen LogP contribution in [0.1, 0.15) is 32.3 Å². The standard InChI is InChI=1S/C18H22N2O/c1-13(2)15-9-11-17(12-10-15)19-14(3)18(21)20-16-7-5-4-6-8-16/h4-14,19H,1-3H3,(H,20,21)/t14-/m1/s1. The molecule has 110 valence electrons. The maximum atomic E-state index is 12.1. The summed E-state index contributed by atoms with van der Waals surface area (Å²) < 4.78 is 0. The van der Waals surface area contributed by atoms with Gasteiger partial charge in [-0.15, -0.1) is 0 Å². The maximum absolute atomic E-state index is 12.1. The summed E-state index contributed by atoms with van der Waals surface area (Å²) in [6.45, 7) is 6.19. The van der Waals surface area contributed by atoms with Gasteiger partial charge in [-0.3, -0.25) is 4.79 Å². The smallest absolute Gasteiger partial charge is 0.246 e. The second kappa shape index (κ2) is 6.93. The van der Waals surface area contributed by atoms with Gasteiger partial charge in [0.25, 0.3) is 0 Å². The minimum atomic E-state index is -0.296. The molecular formula is C18H22N2O. The third-order valence-corrected chi connectivity index (χ3v) is 3.40. The fourth-order valence-electron chi connectivity index (χ4n) is 2.05. The van der Waals surface area contributed by atoms with E-state index >= 15 is 0 Å². The van der Waals surface area contributed by atoms with Crippen molar-refractivity contribution in [3.8, 4) is 0 Å². The molecule has 0 saturated heterocycles. The highest BCUT2D eigenvalue weighted by Gasteiger charge is 2.12. The number of hydrogen-bond donors (Lipinski definition) is 2. The Morgan fingerprint density at radius 1 is 0.857 bits per heavy atom. The minimum Gasteiger partial charge on any atom is -0.374 e. The summed E-state index contributed by atoms with van der Waals surface area (Å²) in [5.41, 5.74) is 3.06. The highest BCUT2D eigenvalue weighted by molar-refractivity contribution is 5.96. The van der Waals surface area contributed by atoms with Gasteiger partial charge in [-0.25, -0.2) is 0 Å². The fourth-order valence-corrected chi connectivity index (χ4v) is 2.05. The van der Waals surface area contributed by atoms with Crippen LogP contribution in [0.3, 0.4) is 0 Å². The molecule has 0 aliphatic heterocycles. The third-order valence-electron chi connectivity index (χ3n) is 3.40. The number of amides is 1. The number of nitrogens with one attached hydrogen (secondary N) is 2. The largest absolute Gasteiger partial charge is 0.374 e. The van der Waals surface area contributed by atoms with E-state index in [0.29, 0.717) is 5.92 Å². The molecule has 3 heteroatoms. The molecule has 2 aromatic rings. The molecule has 2 N–H and O–H groups in total. The Labute approximate surface area is 126 Å². The number of hydrogen-bond acceptors (Lipinski definition) is 2. The van der Waals surface area contributed by atoms with E-state index in [1.807, 2.05) is 49.4 Å². The lowest BCUT2D eigenvalue weighted by Crippen LogP contribution is -2.31. The number of para-hydroxylation sites is 1. The first kappa shape index (κ1) is 15.1. The predicted molar refractivity (Wildman–Crippen MR) is 88.7 cm³/mol. The van der Waals surface area contributed by atoms with Gasteiger partial charge in [0.1, 0.15) is 6.04 Å².